The molecule has 9 heteroatoms. The molecule has 0 aliphatic carbocycles. The van der Waals surface area contributed by atoms with Crippen molar-refractivity contribution < 1.29 is 24.2 Å². The first kappa shape index (κ1) is 35.9. The maximum atomic E-state index is 13.8. The number of nitrogens with two attached hydrogens (primary N) is 1. The second-order valence-corrected chi connectivity index (χ2v) is 11.8. The summed E-state index contributed by atoms with van der Waals surface area (Å²) < 4.78 is 6.02. The van der Waals surface area contributed by atoms with Gasteiger partial charge in [0.15, 0.2) is 0 Å². The standard InChI is InChI=1S/C39H46N4O5/c1-3-18-43(19-4-2)39(47)33-23-31(37(40)45)22-32(24-33)38(46)42-35(36(44)26-41-25-28-12-7-5-8-13-28)21-30-16-11-17-34(20-30)48-27-29-14-9-6-10-15-29/h5-17,20,22-24,35-36,41,44H,3-4,18-19,21,25-27H2,1-2H3,(H2,40,45)(H,42,46)/t35-,36+/m0/s1. The second kappa shape index (κ2) is 18.4. The summed E-state index contributed by atoms with van der Waals surface area (Å²) >= 11 is 0. The molecule has 252 valence electrons. The third kappa shape index (κ3) is 10.8. The van der Waals surface area contributed by atoms with E-state index in [4.69, 9.17) is 10.5 Å². The molecule has 0 unspecified atom stereocenters. The maximum absolute atomic E-state index is 13.8. The molecule has 3 amide bonds. The van der Waals surface area contributed by atoms with Crippen LogP contribution in [0.5, 0.6) is 5.75 Å². The smallest absolute Gasteiger partial charge is 0.253 e. The highest BCUT2D eigenvalue weighted by atomic mass is 16.5. The van der Waals surface area contributed by atoms with Gasteiger partial charge < -0.3 is 31.1 Å². The average Bonchev–Trinajstić information content (AvgIpc) is 3.10. The Balaban J connectivity index is 1.56. The van der Waals surface area contributed by atoms with Crippen molar-refractivity contribution in [1.82, 2.24) is 15.5 Å². The first-order chi connectivity index (χ1) is 23.3. The van der Waals surface area contributed by atoms with Crippen LogP contribution in [0.3, 0.4) is 0 Å². The number of amides is 3. The van der Waals surface area contributed by atoms with Gasteiger partial charge in [-0.3, -0.25) is 14.4 Å². The number of aliphatic hydroxyl groups excluding tert-OH is 1. The van der Waals surface area contributed by atoms with Crippen molar-refractivity contribution >= 4 is 17.7 Å². The lowest BCUT2D eigenvalue weighted by Crippen LogP contribution is -2.48. The molecule has 0 fully saturated rings. The molecule has 0 aliphatic heterocycles. The largest absolute Gasteiger partial charge is 0.489 e. The molecule has 0 heterocycles. The van der Waals surface area contributed by atoms with Crippen molar-refractivity contribution in [2.45, 2.75) is 58.4 Å². The van der Waals surface area contributed by atoms with E-state index in [9.17, 15) is 19.5 Å². The fraction of sp³-hybridized carbons (Fsp3) is 0.308. The Labute approximate surface area is 283 Å². The van der Waals surface area contributed by atoms with Crippen molar-refractivity contribution in [3.63, 3.8) is 0 Å². The highest BCUT2D eigenvalue weighted by molar-refractivity contribution is 6.04. The average molecular weight is 651 g/mol. The van der Waals surface area contributed by atoms with Crippen LogP contribution in [-0.4, -0.2) is 59.5 Å². The predicted octanol–water partition coefficient (Wildman–Crippen LogP) is 5.12. The monoisotopic (exact) mass is 650 g/mol. The maximum Gasteiger partial charge on any atom is 0.253 e. The van der Waals surface area contributed by atoms with Gasteiger partial charge in [0.25, 0.3) is 11.8 Å². The lowest BCUT2D eigenvalue weighted by molar-refractivity contribution is 0.0755. The van der Waals surface area contributed by atoms with Gasteiger partial charge in [-0.25, -0.2) is 0 Å². The van der Waals surface area contributed by atoms with Gasteiger partial charge in [-0.1, -0.05) is 86.6 Å². The summed E-state index contributed by atoms with van der Waals surface area (Å²) in [5.74, 6) is -0.887. The number of primary amides is 1. The minimum Gasteiger partial charge on any atom is -0.489 e. The number of nitrogens with zero attached hydrogens (tertiary/aromatic N) is 1. The van der Waals surface area contributed by atoms with Gasteiger partial charge in [0, 0.05) is 42.9 Å². The summed E-state index contributed by atoms with van der Waals surface area (Å²) in [5, 5.41) is 17.6. The first-order valence-corrected chi connectivity index (χ1v) is 16.5. The summed E-state index contributed by atoms with van der Waals surface area (Å²) in [5.41, 5.74) is 8.95. The molecule has 0 aromatic heterocycles. The zero-order valence-electron chi connectivity index (χ0n) is 27.7. The zero-order chi connectivity index (χ0) is 34.3. The molecular formula is C39H46N4O5. The third-order valence-electron chi connectivity index (χ3n) is 7.91. The van der Waals surface area contributed by atoms with Gasteiger partial charge in [0.05, 0.1) is 12.1 Å². The number of benzene rings is 4. The van der Waals surface area contributed by atoms with Crippen molar-refractivity contribution in [2.75, 3.05) is 19.6 Å². The van der Waals surface area contributed by atoms with E-state index in [1.165, 1.54) is 18.2 Å². The van der Waals surface area contributed by atoms with Crippen LogP contribution < -0.4 is 21.1 Å². The number of carbonyl (C=O) groups excluding carboxylic acids is 3. The van der Waals surface area contributed by atoms with Gasteiger partial charge in [-0.2, -0.15) is 0 Å². The summed E-state index contributed by atoms with van der Waals surface area (Å²) in [6, 6.07) is 30.8. The molecule has 9 nitrogen and oxygen atoms in total. The minimum absolute atomic E-state index is 0.0591. The molecule has 0 saturated heterocycles. The molecule has 4 aromatic rings. The SMILES string of the molecule is CCCN(CCC)C(=O)c1cc(C(N)=O)cc(C(=O)N[C@@H](Cc2cccc(OCc3ccccc3)c2)[C@H](O)CNCc2ccccc2)c1. The van der Waals surface area contributed by atoms with Crippen molar-refractivity contribution in [1.29, 1.82) is 0 Å². The molecule has 4 aromatic carbocycles. The van der Waals surface area contributed by atoms with E-state index in [0.717, 1.165) is 29.5 Å². The fourth-order valence-electron chi connectivity index (χ4n) is 5.46. The van der Waals surface area contributed by atoms with Gasteiger partial charge in [-0.05, 0) is 66.3 Å². The van der Waals surface area contributed by atoms with Crippen molar-refractivity contribution in [3.8, 4) is 5.75 Å². The Kier molecular flexibility index (Phi) is 13.7. The quantitative estimate of drug-likeness (QED) is 0.118. The minimum atomic E-state index is -0.975. The Morgan fingerprint density at radius 3 is 2.02 bits per heavy atom. The zero-order valence-corrected chi connectivity index (χ0v) is 27.7. The molecule has 0 saturated carbocycles. The molecule has 2 atom stereocenters. The van der Waals surface area contributed by atoms with E-state index in [1.54, 1.807) is 4.90 Å². The number of aliphatic hydroxyl groups is 1. The molecule has 0 radical (unpaired) electrons. The lowest BCUT2D eigenvalue weighted by Gasteiger charge is -2.26. The number of hydrogen-bond acceptors (Lipinski definition) is 6. The Morgan fingerprint density at radius 1 is 0.771 bits per heavy atom. The van der Waals surface area contributed by atoms with Gasteiger partial charge >= 0.3 is 0 Å². The van der Waals surface area contributed by atoms with E-state index in [0.29, 0.717) is 38.4 Å². The second-order valence-electron chi connectivity index (χ2n) is 11.8. The van der Waals surface area contributed by atoms with Crippen LogP contribution in [0.15, 0.2) is 103 Å². The van der Waals surface area contributed by atoms with Crippen molar-refractivity contribution in [2.24, 2.45) is 5.73 Å². The Hall–Kier alpha value is -4.99. The fourth-order valence-corrected chi connectivity index (χ4v) is 5.46. The summed E-state index contributed by atoms with van der Waals surface area (Å²) in [4.78, 5) is 41.2. The molecule has 0 aliphatic rings. The van der Waals surface area contributed by atoms with Gasteiger partial charge in [0.2, 0.25) is 5.91 Å². The molecule has 48 heavy (non-hydrogen) atoms. The molecule has 4 rings (SSSR count). The third-order valence-corrected chi connectivity index (χ3v) is 7.91. The van der Waals surface area contributed by atoms with Crippen LogP contribution >= 0.6 is 0 Å². The summed E-state index contributed by atoms with van der Waals surface area (Å²) in [6.45, 7) is 6.22. The Morgan fingerprint density at radius 2 is 1.38 bits per heavy atom. The van der Waals surface area contributed by atoms with E-state index in [1.807, 2.05) is 98.8 Å². The van der Waals surface area contributed by atoms with Crippen molar-refractivity contribution in [3.05, 3.63) is 137 Å². The topological polar surface area (TPSA) is 134 Å². The summed E-state index contributed by atoms with van der Waals surface area (Å²) in [7, 11) is 0. The molecule has 5 N–H and O–H groups in total. The van der Waals surface area contributed by atoms with Crippen LogP contribution in [-0.2, 0) is 19.6 Å². The van der Waals surface area contributed by atoms with E-state index >= 15 is 0 Å². The van der Waals surface area contributed by atoms with Gasteiger partial charge in [0.1, 0.15) is 12.4 Å². The highest BCUT2D eigenvalue weighted by Gasteiger charge is 2.25. The summed E-state index contributed by atoms with van der Waals surface area (Å²) in [6.07, 6.45) is 0.858. The van der Waals surface area contributed by atoms with Crippen LogP contribution in [0.2, 0.25) is 0 Å². The number of carbonyl (C=O) groups is 3. The number of ether oxygens (including phenoxy) is 1. The lowest BCUT2D eigenvalue weighted by atomic mass is 9.99. The van der Waals surface area contributed by atoms with Crippen LogP contribution in [0.4, 0.5) is 0 Å². The normalized spacial score (nSPS) is 12.1. The molecule has 0 bridgehead atoms. The van der Waals surface area contributed by atoms with Crippen LogP contribution in [0.1, 0.15) is 74.5 Å². The van der Waals surface area contributed by atoms with Crippen LogP contribution in [0.25, 0.3) is 0 Å². The Bertz CT molecular complexity index is 1620. The highest BCUT2D eigenvalue weighted by Crippen LogP contribution is 2.19. The van der Waals surface area contributed by atoms with E-state index in [-0.39, 0.29) is 29.1 Å². The predicted molar refractivity (Wildman–Crippen MR) is 188 cm³/mol. The number of hydrogen-bond donors (Lipinski definition) is 4. The number of nitrogens with one attached hydrogen (secondary N) is 2. The molecule has 0 spiro atoms. The number of rotatable bonds is 18. The van der Waals surface area contributed by atoms with E-state index < -0.39 is 24.0 Å². The molecular weight excluding hydrogens is 604 g/mol. The first-order valence-electron chi connectivity index (χ1n) is 16.5. The van der Waals surface area contributed by atoms with Crippen LogP contribution in [0, 0.1) is 0 Å². The van der Waals surface area contributed by atoms with Gasteiger partial charge in [-0.15, -0.1) is 0 Å². The van der Waals surface area contributed by atoms with E-state index in [2.05, 4.69) is 10.6 Å².